The first kappa shape index (κ1) is 30.2. The summed E-state index contributed by atoms with van der Waals surface area (Å²) >= 11 is 0. The van der Waals surface area contributed by atoms with Crippen molar-refractivity contribution in [2.24, 2.45) is 0 Å². The van der Waals surface area contributed by atoms with E-state index in [4.69, 9.17) is 0 Å². The molecule has 0 saturated heterocycles. The molecule has 1 fully saturated rings. The van der Waals surface area contributed by atoms with Gasteiger partial charge in [0, 0.05) is 33.2 Å². The third-order valence-corrected chi connectivity index (χ3v) is 10.9. The van der Waals surface area contributed by atoms with Crippen molar-refractivity contribution in [3.63, 3.8) is 0 Å². The molecule has 0 N–H and O–H groups in total. The molecule has 9 rings (SSSR count). The van der Waals surface area contributed by atoms with Crippen LogP contribution in [0.15, 0.2) is 182 Å². The number of aromatic nitrogens is 1. The second-order valence-corrected chi connectivity index (χ2v) is 13.7. The molecule has 0 amide bonds. The lowest BCUT2D eigenvalue weighted by Gasteiger charge is -2.41. The van der Waals surface area contributed by atoms with Gasteiger partial charge in [-0.15, -0.1) is 0 Å². The number of fused-ring (bicyclic) bond motifs is 3. The second kappa shape index (κ2) is 12.9. The average molecular weight is 645 g/mol. The van der Waals surface area contributed by atoms with Gasteiger partial charge in [-0.1, -0.05) is 153 Å². The Morgan fingerprint density at radius 3 is 1.78 bits per heavy atom. The minimum absolute atomic E-state index is 0.0542. The first-order valence-electron chi connectivity index (χ1n) is 18.0. The molecule has 1 aliphatic carbocycles. The van der Waals surface area contributed by atoms with Crippen LogP contribution in [0.1, 0.15) is 43.2 Å². The zero-order valence-corrected chi connectivity index (χ0v) is 28.3. The van der Waals surface area contributed by atoms with Crippen LogP contribution in [-0.4, -0.2) is 4.57 Å². The Hall–Kier alpha value is -5.86. The van der Waals surface area contributed by atoms with Crippen molar-refractivity contribution in [3.05, 3.63) is 193 Å². The molecule has 50 heavy (non-hydrogen) atoms. The van der Waals surface area contributed by atoms with Gasteiger partial charge in [-0.3, -0.25) is 0 Å². The first-order valence-corrected chi connectivity index (χ1v) is 18.0. The second-order valence-electron chi connectivity index (χ2n) is 13.7. The maximum atomic E-state index is 2.51. The molecule has 0 spiro atoms. The van der Waals surface area contributed by atoms with Crippen LogP contribution in [-0.2, 0) is 5.41 Å². The van der Waals surface area contributed by atoms with E-state index in [1.54, 1.807) is 0 Å². The van der Waals surface area contributed by atoms with Crippen molar-refractivity contribution in [1.29, 1.82) is 0 Å². The van der Waals surface area contributed by atoms with Crippen LogP contribution < -0.4 is 4.90 Å². The Morgan fingerprint density at radius 1 is 0.440 bits per heavy atom. The summed E-state index contributed by atoms with van der Waals surface area (Å²) < 4.78 is 2.42. The fourth-order valence-corrected chi connectivity index (χ4v) is 8.51. The smallest absolute Gasteiger partial charge is 0.0561 e. The molecule has 1 aliphatic rings. The average Bonchev–Trinajstić information content (AvgIpc) is 3.53. The number of anilines is 3. The SMILES string of the molecule is c1ccc(-c2ccc(N(c3ccc4c5ccccc5n(-c5ccccc5)c4c3)c3ccccc3C3(c4ccccc4)CCCCC3)cc2)cc1. The first-order chi connectivity index (χ1) is 24.8. The fourth-order valence-electron chi connectivity index (χ4n) is 8.51. The van der Waals surface area contributed by atoms with Gasteiger partial charge in [0.05, 0.1) is 16.7 Å². The van der Waals surface area contributed by atoms with E-state index < -0.39 is 0 Å². The zero-order chi connectivity index (χ0) is 33.3. The maximum Gasteiger partial charge on any atom is 0.0561 e. The number of benzene rings is 7. The predicted molar refractivity (Wildman–Crippen MR) is 211 cm³/mol. The van der Waals surface area contributed by atoms with Crippen molar-refractivity contribution >= 4 is 38.9 Å². The van der Waals surface area contributed by atoms with E-state index in [2.05, 4.69) is 191 Å². The maximum absolute atomic E-state index is 2.51. The van der Waals surface area contributed by atoms with Crippen molar-refractivity contribution in [2.75, 3.05) is 4.90 Å². The van der Waals surface area contributed by atoms with Crippen LogP contribution in [0.5, 0.6) is 0 Å². The molecule has 2 nitrogen and oxygen atoms in total. The molecule has 7 aromatic carbocycles. The van der Waals surface area contributed by atoms with Crippen molar-refractivity contribution in [3.8, 4) is 16.8 Å². The minimum atomic E-state index is -0.0542. The van der Waals surface area contributed by atoms with Crippen LogP contribution in [0.2, 0.25) is 0 Å². The molecule has 0 unspecified atom stereocenters. The van der Waals surface area contributed by atoms with E-state index in [1.165, 1.54) is 74.7 Å². The number of para-hydroxylation sites is 3. The van der Waals surface area contributed by atoms with Crippen LogP contribution in [0, 0.1) is 0 Å². The third-order valence-electron chi connectivity index (χ3n) is 10.9. The Kier molecular flexibility index (Phi) is 7.78. The lowest BCUT2D eigenvalue weighted by molar-refractivity contribution is 0.346. The normalized spacial score (nSPS) is 14.2. The van der Waals surface area contributed by atoms with Crippen molar-refractivity contribution in [2.45, 2.75) is 37.5 Å². The summed E-state index contributed by atoms with van der Waals surface area (Å²) in [6.07, 6.45) is 6.06. The van der Waals surface area contributed by atoms with E-state index in [1.807, 2.05) is 0 Å². The van der Waals surface area contributed by atoms with E-state index in [0.29, 0.717) is 0 Å². The van der Waals surface area contributed by atoms with Gasteiger partial charge >= 0.3 is 0 Å². The highest BCUT2D eigenvalue weighted by Crippen LogP contribution is 2.51. The number of nitrogens with zero attached hydrogens (tertiary/aromatic N) is 2. The van der Waals surface area contributed by atoms with Crippen molar-refractivity contribution < 1.29 is 0 Å². The van der Waals surface area contributed by atoms with Crippen molar-refractivity contribution in [1.82, 2.24) is 4.57 Å². The lowest BCUT2D eigenvalue weighted by Crippen LogP contribution is -2.32. The van der Waals surface area contributed by atoms with Gasteiger partial charge in [-0.2, -0.15) is 0 Å². The molecular weight excluding hydrogens is 605 g/mol. The predicted octanol–water partition coefficient (Wildman–Crippen LogP) is 13.2. The highest BCUT2D eigenvalue weighted by molar-refractivity contribution is 6.10. The quantitative estimate of drug-likeness (QED) is 0.168. The van der Waals surface area contributed by atoms with Gasteiger partial charge in [0.15, 0.2) is 0 Å². The van der Waals surface area contributed by atoms with Gasteiger partial charge in [0.1, 0.15) is 0 Å². The van der Waals surface area contributed by atoms with Crippen LogP contribution in [0.4, 0.5) is 17.1 Å². The van der Waals surface area contributed by atoms with E-state index >= 15 is 0 Å². The van der Waals surface area contributed by atoms with Crippen LogP contribution in [0.3, 0.4) is 0 Å². The summed E-state index contributed by atoms with van der Waals surface area (Å²) in [5.74, 6) is 0. The number of hydrogen-bond acceptors (Lipinski definition) is 1. The molecule has 1 heterocycles. The molecule has 0 aliphatic heterocycles. The highest BCUT2D eigenvalue weighted by Gasteiger charge is 2.38. The molecule has 1 aromatic heterocycles. The highest BCUT2D eigenvalue weighted by atomic mass is 15.1. The van der Waals surface area contributed by atoms with Gasteiger partial charge < -0.3 is 9.47 Å². The number of rotatable bonds is 7. The number of hydrogen-bond donors (Lipinski definition) is 0. The largest absolute Gasteiger partial charge is 0.310 e. The zero-order valence-electron chi connectivity index (χ0n) is 28.3. The van der Waals surface area contributed by atoms with Crippen LogP contribution >= 0.6 is 0 Å². The van der Waals surface area contributed by atoms with E-state index in [-0.39, 0.29) is 5.41 Å². The summed E-state index contributed by atoms with van der Waals surface area (Å²) in [4.78, 5) is 2.51. The molecular formula is C48H40N2. The van der Waals surface area contributed by atoms with Crippen LogP contribution in [0.25, 0.3) is 38.6 Å². The topological polar surface area (TPSA) is 8.17 Å². The Bertz CT molecular complexity index is 2380. The summed E-state index contributed by atoms with van der Waals surface area (Å²) in [6, 6.07) is 66.9. The summed E-state index contributed by atoms with van der Waals surface area (Å²) in [5, 5.41) is 2.52. The Morgan fingerprint density at radius 2 is 1.02 bits per heavy atom. The summed E-state index contributed by atoms with van der Waals surface area (Å²) in [5.41, 5.74) is 12.3. The molecule has 242 valence electrons. The van der Waals surface area contributed by atoms with Gasteiger partial charge in [-0.25, -0.2) is 0 Å². The molecule has 0 radical (unpaired) electrons. The fraction of sp³-hybridized carbons (Fsp3) is 0.125. The minimum Gasteiger partial charge on any atom is -0.310 e. The summed E-state index contributed by atoms with van der Waals surface area (Å²) in [6.45, 7) is 0. The van der Waals surface area contributed by atoms with Gasteiger partial charge in [0.2, 0.25) is 0 Å². The Labute approximate surface area is 294 Å². The molecule has 1 saturated carbocycles. The van der Waals surface area contributed by atoms with E-state index in [0.717, 1.165) is 24.2 Å². The third kappa shape index (κ3) is 5.20. The van der Waals surface area contributed by atoms with Gasteiger partial charge in [-0.05, 0) is 83.6 Å². The molecule has 0 bridgehead atoms. The summed E-state index contributed by atoms with van der Waals surface area (Å²) in [7, 11) is 0. The van der Waals surface area contributed by atoms with Gasteiger partial charge in [0.25, 0.3) is 0 Å². The lowest BCUT2D eigenvalue weighted by atomic mass is 9.64. The Balaban J connectivity index is 1.29. The molecule has 0 atom stereocenters. The van der Waals surface area contributed by atoms with E-state index in [9.17, 15) is 0 Å². The standard InChI is InChI=1S/C48H40N2/c1-5-17-36(18-6-1)37-27-29-40(30-28-37)49(46-26-14-12-24-44(46)48(33-15-4-16-34-48)38-19-7-2-8-20-38)41-31-32-43-42-23-11-13-25-45(42)50(47(43)35-41)39-21-9-3-10-22-39/h1-3,5-14,17-32,35H,4,15-16,33-34H2. The molecule has 2 heteroatoms. The molecule has 8 aromatic rings. The monoisotopic (exact) mass is 644 g/mol.